The fourth-order valence-corrected chi connectivity index (χ4v) is 3.15. The van der Waals surface area contributed by atoms with Gasteiger partial charge in [0.15, 0.2) is 23.9 Å². The van der Waals surface area contributed by atoms with Crippen LogP contribution < -0.4 is 18.8 Å². The van der Waals surface area contributed by atoms with Crippen LogP contribution in [0.3, 0.4) is 0 Å². The fourth-order valence-electron chi connectivity index (χ4n) is 3.15. The molecule has 1 aromatic carbocycles. The van der Waals surface area contributed by atoms with Gasteiger partial charge in [-0.2, -0.15) is 4.57 Å². The van der Waals surface area contributed by atoms with Crippen molar-refractivity contribution < 1.29 is 33.1 Å². The number of ether oxygens (including phenoxy) is 4. The number of allylic oxidation sites excluding steroid dienone is 1. The third-order valence-electron chi connectivity index (χ3n) is 4.48. The molecule has 0 radical (unpaired) electrons. The van der Waals surface area contributed by atoms with E-state index >= 15 is 0 Å². The molecular weight excluding hydrogens is 412 g/mol. The van der Waals surface area contributed by atoms with E-state index in [1.807, 2.05) is 25.8 Å². The Morgan fingerprint density at radius 3 is 2.00 bits per heavy atom. The molecule has 0 amide bonds. The first-order valence-corrected chi connectivity index (χ1v) is 9.80. The number of ketones is 1. The maximum atomic E-state index is 13.6. The van der Waals surface area contributed by atoms with E-state index in [4.69, 9.17) is 18.9 Å². The third-order valence-corrected chi connectivity index (χ3v) is 4.48. The second-order valence-electron chi connectivity index (χ2n) is 6.82. The number of methoxy groups -OCH3 is 3. The Balaban J connectivity index is 2.75. The number of carbonyl (C=O) groups is 2. The lowest BCUT2D eigenvalue weighted by molar-refractivity contribution is -0.577. The molecule has 0 spiro atoms. The molecule has 32 heavy (non-hydrogen) atoms. The predicted octanol–water partition coefficient (Wildman–Crippen LogP) is 3.07. The number of carbonyl (C=O) groups excluding carboxylic acids is 2. The first-order valence-electron chi connectivity index (χ1n) is 9.80. The summed E-state index contributed by atoms with van der Waals surface area (Å²) in [5.74, 6) is 1.49. The van der Waals surface area contributed by atoms with Gasteiger partial charge in [0.2, 0.25) is 5.75 Å². The zero-order valence-corrected chi connectivity index (χ0v) is 19.0. The minimum Gasteiger partial charge on any atom is -0.763 e. The van der Waals surface area contributed by atoms with Crippen molar-refractivity contribution in [2.45, 2.75) is 20.8 Å². The van der Waals surface area contributed by atoms with Crippen LogP contribution in [0.5, 0.6) is 17.2 Å². The van der Waals surface area contributed by atoms with Crippen LogP contribution in [0.2, 0.25) is 0 Å². The van der Waals surface area contributed by atoms with E-state index in [9.17, 15) is 15.0 Å². The van der Waals surface area contributed by atoms with E-state index in [1.54, 1.807) is 23.9 Å². The van der Waals surface area contributed by atoms with Crippen molar-refractivity contribution in [1.82, 2.24) is 0 Å². The summed E-state index contributed by atoms with van der Waals surface area (Å²) in [5.41, 5.74) is 1.79. The highest BCUT2D eigenvalue weighted by molar-refractivity contribution is 6.23. The summed E-state index contributed by atoms with van der Waals surface area (Å²) >= 11 is 0. The number of rotatable bonds is 9. The summed E-state index contributed by atoms with van der Waals surface area (Å²) in [4.78, 5) is 25.8. The highest BCUT2D eigenvalue weighted by Gasteiger charge is 2.27. The second-order valence-corrected chi connectivity index (χ2v) is 6.82. The van der Waals surface area contributed by atoms with Gasteiger partial charge in [0.05, 0.1) is 33.5 Å². The molecule has 168 valence electrons. The smallest absolute Gasteiger partial charge is 0.344 e. The molecule has 8 nitrogen and oxygen atoms in total. The Morgan fingerprint density at radius 1 is 1.00 bits per heavy atom. The molecular formula is C24H26N2O6. The van der Waals surface area contributed by atoms with Crippen molar-refractivity contribution in [3.63, 3.8) is 0 Å². The van der Waals surface area contributed by atoms with Gasteiger partial charge in [0, 0.05) is 22.8 Å². The van der Waals surface area contributed by atoms with Gasteiger partial charge in [-0.1, -0.05) is 0 Å². The van der Waals surface area contributed by atoms with Crippen molar-refractivity contribution in [2.24, 2.45) is 0 Å². The lowest BCUT2D eigenvalue weighted by atomic mass is 10.0. The van der Waals surface area contributed by atoms with Gasteiger partial charge < -0.3 is 24.4 Å². The number of Topliss-reactive ketones (excluding diaryl/α,β-unsaturated/α-hetero) is 1. The zero-order valence-electron chi connectivity index (χ0n) is 19.0. The standard InChI is InChI=1S/C24H26N2O6/c1-7-32-24(28)18(12-25)9-19(26-13-15(2)8-16(3)14-26)22(27)17-10-20(29-4)23(31-6)21(11-17)30-5/h8-11,13-14H,7H2,1-6H3. The van der Waals surface area contributed by atoms with Crippen LogP contribution in [0.4, 0.5) is 0 Å². The summed E-state index contributed by atoms with van der Waals surface area (Å²) in [5, 5.41) is 9.50. The van der Waals surface area contributed by atoms with Crippen molar-refractivity contribution in [2.75, 3.05) is 27.9 Å². The van der Waals surface area contributed by atoms with Gasteiger partial charge in [-0.25, -0.2) is 4.79 Å². The predicted molar refractivity (Wildman–Crippen MR) is 119 cm³/mol. The molecule has 2 rings (SSSR count). The molecule has 8 heteroatoms. The summed E-state index contributed by atoms with van der Waals surface area (Å²) in [7, 11) is 4.36. The maximum absolute atomic E-state index is 13.6. The molecule has 1 heterocycles. The molecule has 0 saturated carbocycles. The molecule has 0 aliphatic heterocycles. The van der Waals surface area contributed by atoms with Crippen molar-refractivity contribution in [1.29, 1.82) is 0 Å². The number of esters is 1. The Labute approximate surface area is 187 Å². The number of nitrogens with zero attached hydrogens (tertiary/aromatic N) is 2. The van der Waals surface area contributed by atoms with E-state index in [-0.39, 0.29) is 23.4 Å². The number of benzene rings is 1. The van der Waals surface area contributed by atoms with Crippen LogP contribution >= 0.6 is 0 Å². The number of pyridine rings is 1. The molecule has 0 saturated heterocycles. The number of hydrogen-bond donors (Lipinski definition) is 0. The average Bonchev–Trinajstić information content (AvgIpc) is 2.77. The molecule has 0 unspecified atom stereocenters. The molecule has 1 aromatic heterocycles. The van der Waals surface area contributed by atoms with Crippen LogP contribution in [0.1, 0.15) is 28.4 Å². The first-order chi connectivity index (χ1) is 15.3. The maximum Gasteiger partial charge on any atom is 0.344 e. The van der Waals surface area contributed by atoms with Crippen LogP contribution in [-0.4, -0.2) is 45.6 Å². The van der Waals surface area contributed by atoms with Gasteiger partial charge in [0.1, 0.15) is 0 Å². The number of aryl methyl sites for hydroxylation is 2. The SMILES string of the molecule is CCOC(=O)C(=C=[N-])C=C(C(=O)c1cc(OC)c(OC)c(OC)c1)[n+]1cc(C)cc(C)c1. The van der Waals surface area contributed by atoms with Gasteiger partial charge in [0.25, 0.3) is 11.5 Å². The minimum atomic E-state index is -0.810. The lowest BCUT2D eigenvalue weighted by Gasteiger charge is -2.13. The summed E-state index contributed by atoms with van der Waals surface area (Å²) in [6.07, 6.45) is 4.69. The van der Waals surface area contributed by atoms with E-state index < -0.39 is 11.8 Å². The van der Waals surface area contributed by atoms with Crippen LogP contribution in [0, 0.1) is 13.8 Å². The molecule has 2 aromatic rings. The van der Waals surface area contributed by atoms with Gasteiger partial charge in [-0.3, -0.25) is 10.7 Å². The third kappa shape index (κ3) is 5.42. The number of hydrogen-bond acceptors (Lipinski definition) is 6. The van der Waals surface area contributed by atoms with Crippen molar-refractivity contribution in [3.8, 4) is 17.2 Å². The molecule has 0 aliphatic rings. The second kappa shape index (κ2) is 10.9. The van der Waals surface area contributed by atoms with Crippen LogP contribution in [0.25, 0.3) is 11.1 Å². The molecule has 0 N–H and O–H groups in total. The Bertz CT molecular complexity index is 1070. The van der Waals surface area contributed by atoms with E-state index in [2.05, 4.69) is 0 Å². The van der Waals surface area contributed by atoms with Gasteiger partial charge in [-0.15, -0.1) is 0 Å². The van der Waals surface area contributed by atoms with E-state index in [0.717, 1.165) is 11.1 Å². The summed E-state index contributed by atoms with van der Waals surface area (Å²) in [6.45, 7) is 5.50. The first kappa shape index (κ1) is 24.4. The fraction of sp³-hybridized carbons (Fsp3) is 0.292. The van der Waals surface area contributed by atoms with E-state index in [1.165, 1.54) is 39.5 Å². The molecule has 0 atom stereocenters. The van der Waals surface area contributed by atoms with Gasteiger partial charge in [-0.05, 0) is 39.0 Å². The average molecular weight is 438 g/mol. The number of aromatic nitrogens is 1. The summed E-state index contributed by atoms with van der Waals surface area (Å²) in [6, 6.07) is 4.96. The normalized spacial score (nSPS) is 10.8. The molecule has 0 fully saturated rings. The quantitative estimate of drug-likeness (QED) is 0.149. The zero-order chi connectivity index (χ0) is 23.8. The lowest BCUT2D eigenvalue weighted by Crippen LogP contribution is -2.37. The molecule has 0 aliphatic carbocycles. The Kier molecular flexibility index (Phi) is 8.32. The van der Waals surface area contributed by atoms with Crippen molar-refractivity contribution in [3.05, 3.63) is 64.3 Å². The monoisotopic (exact) mass is 438 g/mol. The topological polar surface area (TPSA) is 97.2 Å². The highest BCUT2D eigenvalue weighted by atomic mass is 16.5. The van der Waals surface area contributed by atoms with E-state index in [0.29, 0.717) is 17.2 Å². The van der Waals surface area contributed by atoms with Crippen LogP contribution in [-0.2, 0) is 9.53 Å². The Morgan fingerprint density at radius 2 is 1.56 bits per heavy atom. The molecule has 0 bridgehead atoms. The van der Waals surface area contributed by atoms with Crippen molar-refractivity contribution >= 4 is 23.3 Å². The summed E-state index contributed by atoms with van der Waals surface area (Å²) < 4.78 is 22.5. The largest absolute Gasteiger partial charge is 0.763 e. The minimum absolute atomic E-state index is 0.0793. The Hall–Kier alpha value is -3.90. The highest BCUT2D eigenvalue weighted by Crippen LogP contribution is 2.38. The van der Waals surface area contributed by atoms with Crippen LogP contribution in [0.15, 0.2) is 42.2 Å². The van der Waals surface area contributed by atoms with Gasteiger partial charge >= 0.3 is 5.97 Å².